The van der Waals surface area contributed by atoms with Crippen LogP contribution in [0.3, 0.4) is 0 Å². The van der Waals surface area contributed by atoms with Crippen molar-refractivity contribution in [3.05, 3.63) is 17.0 Å². The molecule has 0 bridgehead atoms. The van der Waals surface area contributed by atoms with Crippen LogP contribution >= 0.6 is 0 Å². The van der Waals surface area contributed by atoms with Crippen LogP contribution in [-0.2, 0) is 45.0 Å². The third-order valence-electron chi connectivity index (χ3n) is 14.8. The topological polar surface area (TPSA) is 216 Å². The van der Waals surface area contributed by atoms with E-state index < -0.39 is 96.0 Å². The number of amides is 1. The number of rotatable bonds is 13. The van der Waals surface area contributed by atoms with Crippen LogP contribution in [-0.4, -0.2) is 190 Å². The lowest BCUT2D eigenvalue weighted by Crippen LogP contribution is -2.61. The van der Waals surface area contributed by atoms with Crippen molar-refractivity contribution in [3.8, 4) is 0 Å². The molecule has 0 aromatic carbocycles. The van der Waals surface area contributed by atoms with Crippen LogP contribution in [0, 0.1) is 31.6 Å². The third-order valence-corrected chi connectivity index (χ3v) is 14.8. The van der Waals surface area contributed by atoms with Gasteiger partial charge in [-0.1, -0.05) is 20.8 Å². The number of likely N-dealkylation sites (N-methyl/N-ethyl adjacent to an activating group) is 2. The van der Waals surface area contributed by atoms with Gasteiger partial charge >= 0.3 is 5.97 Å². The first-order valence-corrected chi connectivity index (χ1v) is 24.1. The van der Waals surface area contributed by atoms with Gasteiger partial charge in [0.25, 0.3) is 5.91 Å². The number of hydrogen-bond donors (Lipinski definition) is 5. The number of aliphatic hydroxyl groups excluding tert-OH is 2. The Balaban J connectivity index is 1.76. The number of aliphatic hydroxyl groups is 4. The molecule has 18 unspecified atom stereocenters. The van der Waals surface area contributed by atoms with Gasteiger partial charge in [-0.05, 0) is 115 Å². The van der Waals surface area contributed by atoms with Crippen LogP contribution in [0.5, 0.6) is 0 Å². The van der Waals surface area contributed by atoms with Gasteiger partial charge in [0.1, 0.15) is 30.0 Å². The Bertz CT molecular complexity index is 1730. The maximum absolute atomic E-state index is 14.5. The largest absolute Gasteiger partial charge is 0.459 e. The summed E-state index contributed by atoms with van der Waals surface area (Å²) >= 11 is 0. The summed E-state index contributed by atoms with van der Waals surface area (Å²) in [5.41, 5.74) is -2.47. The zero-order valence-electron chi connectivity index (χ0n) is 43.1. The first-order valence-electron chi connectivity index (χ1n) is 24.1. The Kier molecular flexibility index (Phi) is 19.7. The minimum atomic E-state index is -1.82. The van der Waals surface area contributed by atoms with Crippen molar-refractivity contribution in [3.63, 3.8) is 0 Å². The highest BCUT2D eigenvalue weighted by atomic mass is 16.7. The molecule has 66 heavy (non-hydrogen) atoms. The lowest BCUT2D eigenvalue weighted by Gasteiger charge is -2.49. The standard InChI is InChI=1S/C48H87N5O13/c1-18-35-48(12,59)40(54)32(8)52(15)25-26(2)23-46(10,58)42(28(4)38(29(5)44(57)64-35)65-36-24-47(11,60-17)41(55)33(9)63-36)66-45-39(34(51(13)14)22-27(3)62-45)61-21-19-20-49-43(56)37-30(6)50-53(16)31(37)7/h26-29,32-36,38-42,45,54-55,58-59H,18-25H2,1-17H3,(H,49,56). The number of nitrogens with zero attached hydrogens (tertiary/aromatic N) is 4. The highest BCUT2D eigenvalue weighted by molar-refractivity contribution is 5.96. The first-order chi connectivity index (χ1) is 30.6. The average Bonchev–Trinajstić information content (AvgIpc) is 3.50. The van der Waals surface area contributed by atoms with Crippen molar-refractivity contribution in [2.75, 3.05) is 47.9 Å². The van der Waals surface area contributed by atoms with E-state index in [1.807, 2.05) is 74.6 Å². The lowest BCUT2D eigenvalue weighted by molar-refractivity contribution is -0.321. The number of esters is 1. The SMILES string of the molecule is CCC1OC(=O)C(C)C(OC2CC(C)(OC)C(O)C(C)O2)C(C)C(OC2OC(C)CC(N(C)C)C2OCCCNC(=O)c2c(C)nn(C)c2C)C(C)(O)CC(C)CN(C)C(C)C(O)C1(C)O. The van der Waals surface area contributed by atoms with Crippen molar-refractivity contribution >= 4 is 11.9 Å². The maximum atomic E-state index is 14.5. The molecule has 3 aliphatic heterocycles. The molecule has 3 saturated heterocycles. The summed E-state index contributed by atoms with van der Waals surface area (Å²) in [6, 6.07) is -0.720. The number of aryl methyl sites for hydroxylation is 2. The van der Waals surface area contributed by atoms with Gasteiger partial charge in [0.05, 0.1) is 52.8 Å². The van der Waals surface area contributed by atoms with Gasteiger partial charge in [0.2, 0.25) is 0 Å². The lowest BCUT2D eigenvalue weighted by atomic mass is 9.77. The van der Waals surface area contributed by atoms with E-state index in [0.29, 0.717) is 37.2 Å². The average molecular weight is 942 g/mol. The van der Waals surface area contributed by atoms with Crippen LogP contribution in [0.4, 0.5) is 0 Å². The van der Waals surface area contributed by atoms with E-state index in [4.69, 9.17) is 33.2 Å². The predicted octanol–water partition coefficient (Wildman–Crippen LogP) is 3.10. The molecule has 4 heterocycles. The summed E-state index contributed by atoms with van der Waals surface area (Å²) in [5.74, 6) is -2.86. The van der Waals surface area contributed by atoms with E-state index in [1.165, 1.54) is 14.0 Å². The van der Waals surface area contributed by atoms with Gasteiger partial charge in [-0.2, -0.15) is 5.10 Å². The Labute approximate surface area is 394 Å². The number of ether oxygens (including phenoxy) is 7. The molecular formula is C48H87N5O13. The number of hydrogen-bond acceptors (Lipinski definition) is 16. The molecule has 18 heteroatoms. The fourth-order valence-electron chi connectivity index (χ4n) is 10.6. The summed E-state index contributed by atoms with van der Waals surface area (Å²) < 4.78 is 47.2. The molecule has 5 N–H and O–H groups in total. The van der Waals surface area contributed by atoms with E-state index in [1.54, 1.807) is 39.3 Å². The van der Waals surface area contributed by atoms with Gasteiger partial charge in [-0.15, -0.1) is 0 Å². The second-order valence-corrected chi connectivity index (χ2v) is 20.8. The molecular weight excluding hydrogens is 855 g/mol. The molecule has 1 aromatic rings. The van der Waals surface area contributed by atoms with Gasteiger partial charge in [-0.3, -0.25) is 14.3 Å². The van der Waals surface area contributed by atoms with Crippen LogP contribution < -0.4 is 5.32 Å². The third kappa shape index (κ3) is 12.9. The molecule has 0 aliphatic carbocycles. The van der Waals surface area contributed by atoms with Crippen molar-refractivity contribution in [1.82, 2.24) is 24.9 Å². The predicted molar refractivity (Wildman–Crippen MR) is 248 cm³/mol. The van der Waals surface area contributed by atoms with E-state index >= 15 is 0 Å². The Morgan fingerprint density at radius 2 is 1.62 bits per heavy atom. The molecule has 0 spiro atoms. The highest BCUT2D eigenvalue weighted by Gasteiger charge is 2.53. The summed E-state index contributed by atoms with van der Waals surface area (Å²) in [6.45, 7) is 22.5. The summed E-state index contributed by atoms with van der Waals surface area (Å²) in [4.78, 5) is 31.7. The zero-order chi connectivity index (χ0) is 49.8. The van der Waals surface area contributed by atoms with Crippen LogP contribution in [0.2, 0.25) is 0 Å². The normalized spacial score (nSPS) is 41.5. The second-order valence-electron chi connectivity index (χ2n) is 20.8. The van der Waals surface area contributed by atoms with Crippen LogP contribution in [0.1, 0.15) is 123 Å². The summed E-state index contributed by atoms with van der Waals surface area (Å²) in [6.07, 6.45) is -7.32. The van der Waals surface area contributed by atoms with Gasteiger partial charge < -0.3 is 68.7 Å². The monoisotopic (exact) mass is 942 g/mol. The van der Waals surface area contributed by atoms with Crippen molar-refractivity contribution in [2.24, 2.45) is 24.8 Å². The van der Waals surface area contributed by atoms with E-state index in [-0.39, 0.29) is 49.8 Å². The number of cyclic esters (lactones) is 1. The van der Waals surface area contributed by atoms with Gasteiger partial charge in [-0.25, -0.2) is 0 Å². The van der Waals surface area contributed by atoms with E-state index in [9.17, 15) is 30.0 Å². The van der Waals surface area contributed by atoms with Gasteiger partial charge in [0, 0.05) is 64.0 Å². The van der Waals surface area contributed by atoms with Crippen molar-refractivity contribution < 1.29 is 63.2 Å². The number of aromatic nitrogens is 2. The smallest absolute Gasteiger partial charge is 0.311 e. The Morgan fingerprint density at radius 3 is 2.20 bits per heavy atom. The van der Waals surface area contributed by atoms with E-state index in [0.717, 1.165) is 5.69 Å². The fraction of sp³-hybridized carbons (Fsp3) is 0.896. The maximum Gasteiger partial charge on any atom is 0.311 e. The minimum absolute atomic E-state index is 0.118. The number of carbonyl (C=O) groups excluding carboxylic acids is 2. The minimum Gasteiger partial charge on any atom is -0.459 e. The highest BCUT2D eigenvalue weighted by Crippen LogP contribution is 2.40. The van der Waals surface area contributed by atoms with Crippen molar-refractivity contribution in [1.29, 1.82) is 0 Å². The molecule has 382 valence electrons. The van der Waals surface area contributed by atoms with Crippen LogP contribution in [0.25, 0.3) is 0 Å². The molecule has 1 aromatic heterocycles. The second kappa shape index (κ2) is 23.1. The quantitative estimate of drug-likeness (QED) is 0.142. The van der Waals surface area contributed by atoms with Crippen molar-refractivity contribution in [2.45, 2.75) is 205 Å². The molecule has 4 rings (SSSR count). The number of nitrogens with one attached hydrogen (secondary N) is 1. The Morgan fingerprint density at radius 1 is 0.970 bits per heavy atom. The molecule has 18 atom stereocenters. The molecule has 3 aliphatic rings. The molecule has 18 nitrogen and oxygen atoms in total. The molecule has 0 saturated carbocycles. The summed E-state index contributed by atoms with van der Waals surface area (Å²) in [7, 11) is 9.12. The Hall–Kier alpha value is -2.33. The molecule has 3 fully saturated rings. The van der Waals surface area contributed by atoms with Crippen LogP contribution in [0.15, 0.2) is 0 Å². The number of carbonyl (C=O) groups is 2. The van der Waals surface area contributed by atoms with E-state index in [2.05, 4.69) is 15.3 Å². The fourth-order valence-corrected chi connectivity index (χ4v) is 10.6. The molecule has 1 amide bonds. The summed E-state index contributed by atoms with van der Waals surface area (Å²) in [5, 5.41) is 54.9. The number of methoxy groups -OCH3 is 1. The van der Waals surface area contributed by atoms with Gasteiger partial charge in [0.15, 0.2) is 12.6 Å². The zero-order valence-corrected chi connectivity index (χ0v) is 43.1. The molecule has 0 radical (unpaired) electrons. The first kappa shape index (κ1) is 56.3.